The maximum atomic E-state index is 12.2. The summed E-state index contributed by atoms with van der Waals surface area (Å²) in [5, 5.41) is 19.0. The molecule has 4 rings (SSSR count). The van der Waals surface area contributed by atoms with Crippen LogP contribution in [0.15, 0.2) is 66.7 Å². The number of likely N-dealkylation sites (N-methyl/N-ethyl adjacent to an activating group) is 1. The van der Waals surface area contributed by atoms with Crippen molar-refractivity contribution in [1.82, 2.24) is 0 Å². The number of carbonyl (C=O) groups is 2. The van der Waals surface area contributed by atoms with Gasteiger partial charge in [-0.3, -0.25) is 0 Å². The molecule has 0 bridgehead atoms. The van der Waals surface area contributed by atoms with Gasteiger partial charge in [0.25, 0.3) is 0 Å². The minimum Gasteiger partial charge on any atom is -0.872 e. The van der Waals surface area contributed by atoms with Crippen LogP contribution in [0.3, 0.4) is 0 Å². The molecule has 1 heterocycles. The number of carboxylic acids is 1. The molecule has 0 aromatic heterocycles. The van der Waals surface area contributed by atoms with Crippen molar-refractivity contribution in [3.05, 3.63) is 83.4 Å². The van der Waals surface area contributed by atoms with E-state index < -0.39 is 11.7 Å². The molecule has 9 nitrogen and oxygen atoms in total. The maximum absolute atomic E-state index is 12.2. The Morgan fingerprint density at radius 1 is 1.00 bits per heavy atom. The molecule has 3 aromatic rings. The monoisotopic (exact) mass is 508 g/mol. The van der Waals surface area contributed by atoms with Gasteiger partial charge in [-0.2, -0.15) is 0 Å². The molecule has 3 aromatic carbocycles. The summed E-state index contributed by atoms with van der Waals surface area (Å²) in [4.78, 5) is 22.4. The highest BCUT2D eigenvalue weighted by atomic mass is 16.7. The molecule has 0 unspecified atom stereocenters. The quantitative estimate of drug-likeness (QED) is 0.254. The second kappa shape index (κ2) is 12.6. The number of carbonyl (C=O) groups excluding carboxylic acids is 1. The molecular weight excluding hydrogens is 476 g/mol. The molecule has 196 valence electrons. The number of benzene rings is 3. The number of ether oxygens (including phenoxy) is 3. The topological polar surface area (TPSA) is 131 Å². The van der Waals surface area contributed by atoms with Crippen molar-refractivity contribution >= 4 is 17.6 Å². The predicted molar refractivity (Wildman–Crippen MR) is 136 cm³/mol. The molecule has 0 fully saturated rings. The van der Waals surface area contributed by atoms with Crippen LogP contribution in [-0.4, -0.2) is 54.6 Å². The molecular formula is C28H32N2O7. The van der Waals surface area contributed by atoms with Gasteiger partial charge in [-0.15, -0.1) is 0 Å². The number of para-hydroxylation sites is 1. The Labute approximate surface area is 216 Å². The Morgan fingerprint density at radius 2 is 1.68 bits per heavy atom. The Morgan fingerprint density at radius 3 is 2.30 bits per heavy atom. The third kappa shape index (κ3) is 7.37. The Kier molecular flexibility index (Phi) is 9.34. The van der Waals surface area contributed by atoms with E-state index in [0.29, 0.717) is 17.9 Å². The lowest BCUT2D eigenvalue weighted by Crippen LogP contribution is -2.49. The van der Waals surface area contributed by atoms with E-state index in [1.807, 2.05) is 12.1 Å². The van der Waals surface area contributed by atoms with E-state index in [-0.39, 0.29) is 18.3 Å². The van der Waals surface area contributed by atoms with Crippen LogP contribution in [0.5, 0.6) is 17.2 Å². The number of hydrogen-bond donors (Lipinski definition) is 2. The number of hydrogen-bond acceptors (Lipinski definition) is 7. The molecule has 0 radical (unpaired) electrons. The molecule has 0 amide bonds. The number of fused-ring (bicyclic) bond motifs is 1. The third-order valence-electron chi connectivity index (χ3n) is 6.36. The number of carboxylic acid groups (broad SMARTS) is 1. The SMILES string of the molecule is CC[N+](CC)(CCOC(=O)c1ccc(N)cc1)Cc1ccc2c(c1)OCO2.O=C(O)c1ccccc1[O-]. The summed E-state index contributed by atoms with van der Waals surface area (Å²) in [5.74, 6) is -0.348. The van der Waals surface area contributed by atoms with Crippen LogP contribution < -0.4 is 20.3 Å². The van der Waals surface area contributed by atoms with E-state index in [0.717, 1.165) is 42.2 Å². The summed E-state index contributed by atoms with van der Waals surface area (Å²) in [6.07, 6.45) is 0. The number of anilines is 1. The van der Waals surface area contributed by atoms with Crippen LogP contribution in [0.1, 0.15) is 40.1 Å². The highest BCUT2D eigenvalue weighted by Gasteiger charge is 2.26. The van der Waals surface area contributed by atoms with Crippen molar-refractivity contribution in [2.24, 2.45) is 0 Å². The van der Waals surface area contributed by atoms with Crippen LogP contribution >= 0.6 is 0 Å². The van der Waals surface area contributed by atoms with Gasteiger partial charge in [-0.05, 0) is 62.4 Å². The van der Waals surface area contributed by atoms with E-state index in [1.165, 1.54) is 29.8 Å². The standard InChI is InChI=1S/C21H26N2O4.C7H6O3/c1-3-23(4-2,14-16-5-10-19-20(13-16)27-15-26-19)11-12-25-21(24)17-6-8-18(22)9-7-17;8-6-4-2-1-3-5(6)7(9)10/h5-10,13H,3-4,11-12,14-15H2,1-2H3,(H-,22,24);1-4,8H,(H,9,10). The van der Waals surface area contributed by atoms with Gasteiger partial charge in [0, 0.05) is 11.3 Å². The van der Waals surface area contributed by atoms with Gasteiger partial charge in [0.15, 0.2) is 11.5 Å². The normalized spacial score (nSPS) is 11.8. The number of nitrogens with zero attached hydrogens (tertiary/aromatic N) is 1. The molecule has 37 heavy (non-hydrogen) atoms. The first-order valence-corrected chi connectivity index (χ1v) is 12.0. The highest BCUT2D eigenvalue weighted by Crippen LogP contribution is 2.33. The average molecular weight is 509 g/mol. The zero-order valence-corrected chi connectivity index (χ0v) is 21.0. The van der Waals surface area contributed by atoms with Crippen LogP contribution in [0, 0.1) is 0 Å². The summed E-state index contributed by atoms with van der Waals surface area (Å²) in [6.45, 7) is 8.48. The third-order valence-corrected chi connectivity index (χ3v) is 6.36. The average Bonchev–Trinajstić information content (AvgIpc) is 3.37. The number of rotatable bonds is 9. The summed E-state index contributed by atoms with van der Waals surface area (Å²) in [5.41, 5.74) is 7.81. The minimum absolute atomic E-state index is 0.178. The van der Waals surface area contributed by atoms with Crippen molar-refractivity contribution in [3.63, 3.8) is 0 Å². The van der Waals surface area contributed by atoms with Crippen molar-refractivity contribution < 1.29 is 38.5 Å². The zero-order valence-electron chi connectivity index (χ0n) is 21.0. The van der Waals surface area contributed by atoms with Crippen LogP contribution in [0.4, 0.5) is 5.69 Å². The molecule has 0 atom stereocenters. The van der Waals surface area contributed by atoms with Gasteiger partial charge < -0.3 is 34.6 Å². The van der Waals surface area contributed by atoms with Crippen LogP contribution in [0.2, 0.25) is 0 Å². The molecule has 0 spiro atoms. The molecule has 1 aliphatic heterocycles. The van der Waals surface area contributed by atoms with Gasteiger partial charge in [0.1, 0.15) is 19.7 Å². The molecule has 0 saturated carbocycles. The largest absolute Gasteiger partial charge is 0.872 e. The second-order valence-corrected chi connectivity index (χ2v) is 8.60. The predicted octanol–water partition coefficient (Wildman–Crippen LogP) is 3.67. The van der Waals surface area contributed by atoms with Gasteiger partial charge in [0.05, 0.1) is 24.2 Å². The van der Waals surface area contributed by atoms with Gasteiger partial charge in [-0.1, -0.05) is 23.9 Å². The van der Waals surface area contributed by atoms with Gasteiger partial charge >= 0.3 is 11.9 Å². The molecule has 1 aliphatic rings. The second-order valence-electron chi connectivity index (χ2n) is 8.60. The smallest absolute Gasteiger partial charge is 0.338 e. The van der Waals surface area contributed by atoms with Gasteiger partial charge in [-0.25, -0.2) is 9.59 Å². The maximum Gasteiger partial charge on any atom is 0.338 e. The number of nitrogen functional groups attached to an aromatic ring is 1. The molecule has 0 saturated heterocycles. The van der Waals surface area contributed by atoms with Crippen molar-refractivity contribution in [2.45, 2.75) is 20.4 Å². The fourth-order valence-electron chi connectivity index (χ4n) is 3.95. The molecule has 0 aliphatic carbocycles. The molecule has 9 heteroatoms. The Hall–Kier alpha value is -4.24. The number of esters is 1. The first-order valence-electron chi connectivity index (χ1n) is 12.0. The van der Waals surface area contributed by atoms with E-state index in [2.05, 4.69) is 19.9 Å². The van der Waals surface area contributed by atoms with Crippen LogP contribution in [0.25, 0.3) is 0 Å². The van der Waals surface area contributed by atoms with Crippen LogP contribution in [-0.2, 0) is 11.3 Å². The van der Waals surface area contributed by atoms with Crippen molar-refractivity contribution in [1.29, 1.82) is 0 Å². The number of aromatic carboxylic acids is 1. The van der Waals surface area contributed by atoms with Crippen molar-refractivity contribution in [3.8, 4) is 17.2 Å². The van der Waals surface area contributed by atoms with E-state index in [4.69, 9.17) is 25.1 Å². The summed E-state index contributed by atoms with van der Waals surface area (Å²) in [7, 11) is 0. The van der Waals surface area contributed by atoms with E-state index >= 15 is 0 Å². The van der Waals surface area contributed by atoms with Crippen molar-refractivity contribution in [2.75, 3.05) is 38.8 Å². The summed E-state index contributed by atoms with van der Waals surface area (Å²) in [6, 6.07) is 18.4. The molecule has 3 N–H and O–H groups in total. The van der Waals surface area contributed by atoms with E-state index in [1.54, 1.807) is 24.3 Å². The highest BCUT2D eigenvalue weighted by molar-refractivity contribution is 5.90. The summed E-state index contributed by atoms with van der Waals surface area (Å²) >= 11 is 0. The van der Waals surface area contributed by atoms with Gasteiger partial charge in [0.2, 0.25) is 6.79 Å². The Bertz CT molecular complexity index is 1210. The number of nitrogens with two attached hydrogens (primary N) is 1. The fraction of sp³-hybridized carbons (Fsp3) is 0.286. The zero-order chi connectivity index (χ0) is 26.8. The number of quaternary nitrogens is 1. The summed E-state index contributed by atoms with van der Waals surface area (Å²) < 4.78 is 17.2. The first kappa shape index (κ1) is 27.3. The lowest BCUT2D eigenvalue weighted by molar-refractivity contribution is -0.937. The fourth-order valence-corrected chi connectivity index (χ4v) is 3.95. The van der Waals surface area contributed by atoms with E-state index in [9.17, 15) is 14.7 Å². The Balaban J connectivity index is 0.000000319. The first-order chi connectivity index (χ1) is 17.8. The lowest BCUT2D eigenvalue weighted by atomic mass is 10.1. The minimum atomic E-state index is -1.18. The lowest BCUT2D eigenvalue weighted by Gasteiger charge is -2.36.